The highest BCUT2D eigenvalue weighted by Gasteiger charge is 2.16. The van der Waals surface area contributed by atoms with Crippen LogP contribution in [0.15, 0.2) is 30.3 Å². The lowest BCUT2D eigenvalue weighted by molar-refractivity contribution is 0.652. The molecule has 1 heterocycles. The van der Waals surface area contributed by atoms with Gasteiger partial charge in [0.25, 0.3) is 0 Å². The zero-order valence-corrected chi connectivity index (χ0v) is 10.5. The summed E-state index contributed by atoms with van der Waals surface area (Å²) in [6.45, 7) is 4.81. The highest BCUT2D eigenvalue weighted by molar-refractivity contribution is 5.72. The van der Waals surface area contributed by atoms with Gasteiger partial charge in [-0.2, -0.15) is 5.10 Å². The first-order chi connectivity index (χ1) is 8.15. The lowest BCUT2D eigenvalue weighted by atomic mass is 10.3. The Balaban J connectivity index is 2.47. The van der Waals surface area contributed by atoms with Crippen LogP contribution in [0.2, 0.25) is 0 Å². The van der Waals surface area contributed by atoms with Crippen LogP contribution in [0.1, 0.15) is 12.6 Å². The number of hydrogen-bond acceptors (Lipinski definition) is 3. The van der Waals surface area contributed by atoms with Crippen LogP contribution in [0.5, 0.6) is 0 Å². The summed E-state index contributed by atoms with van der Waals surface area (Å²) in [5.41, 5.74) is 8.83. The van der Waals surface area contributed by atoms with Gasteiger partial charge < -0.3 is 10.6 Å². The van der Waals surface area contributed by atoms with Gasteiger partial charge in [0.15, 0.2) is 5.82 Å². The summed E-state index contributed by atoms with van der Waals surface area (Å²) in [6, 6.07) is 10.1. The molecule has 0 radical (unpaired) electrons. The lowest BCUT2D eigenvalue weighted by Gasteiger charge is -2.20. The first kappa shape index (κ1) is 11.5. The van der Waals surface area contributed by atoms with Crippen molar-refractivity contribution in [3.05, 3.63) is 36.0 Å². The summed E-state index contributed by atoms with van der Waals surface area (Å²) < 4.78 is 1.93. The van der Waals surface area contributed by atoms with E-state index in [1.807, 2.05) is 36.9 Å². The zero-order valence-electron chi connectivity index (χ0n) is 10.5. The van der Waals surface area contributed by atoms with Crippen molar-refractivity contribution < 1.29 is 0 Å². The molecule has 1 aromatic carbocycles. The first-order valence-electron chi connectivity index (χ1n) is 5.76. The Morgan fingerprint density at radius 2 is 1.94 bits per heavy atom. The molecule has 2 aromatic rings. The van der Waals surface area contributed by atoms with E-state index < -0.39 is 0 Å². The Bertz CT molecular complexity index is 502. The second-order valence-electron chi connectivity index (χ2n) is 4.03. The first-order valence-corrected chi connectivity index (χ1v) is 5.76. The number of rotatable bonds is 3. The topological polar surface area (TPSA) is 47.1 Å². The molecule has 0 unspecified atom stereocenters. The molecule has 0 aliphatic rings. The predicted molar refractivity (Wildman–Crippen MR) is 71.6 cm³/mol. The van der Waals surface area contributed by atoms with E-state index in [1.54, 1.807) is 0 Å². The normalized spacial score (nSPS) is 10.5. The van der Waals surface area contributed by atoms with Gasteiger partial charge in [0, 0.05) is 19.3 Å². The average Bonchev–Trinajstić information content (AvgIpc) is 2.65. The number of anilines is 3. The number of aromatic nitrogens is 2. The van der Waals surface area contributed by atoms with Crippen molar-refractivity contribution in [3.63, 3.8) is 0 Å². The zero-order chi connectivity index (χ0) is 12.4. The second-order valence-corrected chi connectivity index (χ2v) is 4.03. The number of hydrogen-bond donors (Lipinski definition) is 1. The molecule has 0 atom stereocenters. The Kier molecular flexibility index (Phi) is 3.04. The molecule has 2 N–H and O–H groups in total. The SMILES string of the molecule is CCn1nc(C)c(N)c1N(C)c1ccccc1. The number of benzene rings is 1. The highest BCUT2D eigenvalue weighted by Crippen LogP contribution is 2.30. The molecular formula is C13H18N4. The summed E-state index contributed by atoms with van der Waals surface area (Å²) in [6.07, 6.45) is 0. The van der Waals surface area contributed by atoms with Crippen molar-refractivity contribution in [1.82, 2.24) is 9.78 Å². The fraction of sp³-hybridized carbons (Fsp3) is 0.308. The molecule has 0 spiro atoms. The van der Waals surface area contributed by atoms with E-state index in [9.17, 15) is 0 Å². The summed E-state index contributed by atoms with van der Waals surface area (Å²) >= 11 is 0. The lowest BCUT2D eigenvalue weighted by Crippen LogP contribution is -2.16. The molecule has 0 fully saturated rings. The van der Waals surface area contributed by atoms with Gasteiger partial charge in [0.2, 0.25) is 0 Å². The Labute approximate surface area is 102 Å². The van der Waals surface area contributed by atoms with Crippen LogP contribution in [-0.4, -0.2) is 16.8 Å². The molecular weight excluding hydrogens is 212 g/mol. The number of nitrogen functional groups attached to an aromatic ring is 1. The second kappa shape index (κ2) is 4.49. The highest BCUT2D eigenvalue weighted by atomic mass is 15.4. The van der Waals surface area contributed by atoms with Gasteiger partial charge in [0.1, 0.15) is 0 Å². The van der Waals surface area contributed by atoms with Crippen LogP contribution in [-0.2, 0) is 6.54 Å². The van der Waals surface area contributed by atoms with Crippen LogP contribution >= 0.6 is 0 Å². The number of para-hydroxylation sites is 1. The molecule has 0 aliphatic carbocycles. The van der Waals surface area contributed by atoms with Crippen molar-refractivity contribution in [1.29, 1.82) is 0 Å². The van der Waals surface area contributed by atoms with Crippen molar-refractivity contribution >= 4 is 17.2 Å². The number of nitrogens with two attached hydrogens (primary N) is 1. The fourth-order valence-corrected chi connectivity index (χ4v) is 1.93. The average molecular weight is 230 g/mol. The molecule has 90 valence electrons. The standard InChI is InChI=1S/C13H18N4/c1-4-17-13(12(14)10(2)15-17)16(3)11-8-6-5-7-9-11/h5-9H,4,14H2,1-3H3. The molecule has 4 heteroatoms. The van der Waals surface area contributed by atoms with Gasteiger partial charge in [-0.1, -0.05) is 18.2 Å². The van der Waals surface area contributed by atoms with E-state index in [4.69, 9.17) is 5.73 Å². The van der Waals surface area contributed by atoms with Crippen LogP contribution in [0.3, 0.4) is 0 Å². The van der Waals surface area contributed by atoms with E-state index >= 15 is 0 Å². The van der Waals surface area contributed by atoms with E-state index in [2.05, 4.69) is 29.1 Å². The summed E-state index contributed by atoms with van der Waals surface area (Å²) in [5.74, 6) is 0.955. The molecule has 0 saturated heterocycles. The molecule has 0 saturated carbocycles. The van der Waals surface area contributed by atoms with Crippen molar-refractivity contribution in [3.8, 4) is 0 Å². The van der Waals surface area contributed by atoms with Gasteiger partial charge in [-0.25, -0.2) is 4.68 Å². The molecule has 0 bridgehead atoms. The van der Waals surface area contributed by atoms with Gasteiger partial charge in [-0.3, -0.25) is 0 Å². The predicted octanol–water partition coefficient (Wildman–Crippen LogP) is 2.56. The fourth-order valence-electron chi connectivity index (χ4n) is 1.93. The van der Waals surface area contributed by atoms with E-state index in [-0.39, 0.29) is 0 Å². The minimum atomic E-state index is 0.748. The van der Waals surface area contributed by atoms with Crippen molar-refractivity contribution in [2.45, 2.75) is 20.4 Å². The van der Waals surface area contributed by atoms with Crippen molar-refractivity contribution in [2.24, 2.45) is 0 Å². The van der Waals surface area contributed by atoms with Gasteiger partial charge >= 0.3 is 0 Å². The quantitative estimate of drug-likeness (QED) is 0.881. The van der Waals surface area contributed by atoms with Crippen LogP contribution in [0, 0.1) is 6.92 Å². The molecule has 0 amide bonds. The molecule has 17 heavy (non-hydrogen) atoms. The Hall–Kier alpha value is -1.97. The third-order valence-corrected chi connectivity index (χ3v) is 2.91. The number of nitrogens with zero attached hydrogens (tertiary/aromatic N) is 3. The van der Waals surface area contributed by atoms with E-state index in [0.717, 1.165) is 29.4 Å². The van der Waals surface area contributed by atoms with E-state index in [1.165, 1.54) is 0 Å². The molecule has 2 rings (SSSR count). The maximum Gasteiger partial charge on any atom is 0.154 e. The van der Waals surface area contributed by atoms with Gasteiger partial charge in [-0.15, -0.1) is 0 Å². The minimum absolute atomic E-state index is 0.748. The Morgan fingerprint density at radius 3 is 2.53 bits per heavy atom. The molecule has 4 nitrogen and oxygen atoms in total. The van der Waals surface area contributed by atoms with Gasteiger partial charge in [-0.05, 0) is 26.0 Å². The summed E-state index contributed by atoms with van der Waals surface area (Å²) in [7, 11) is 2.01. The van der Waals surface area contributed by atoms with E-state index in [0.29, 0.717) is 0 Å². The maximum absolute atomic E-state index is 6.09. The van der Waals surface area contributed by atoms with Crippen molar-refractivity contribution in [2.75, 3.05) is 17.7 Å². The Morgan fingerprint density at radius 1 is 1.29 bits per heavy atom. The van der Waals surface area contributed by atoms with Crippen LogP contribution in [0.25, 0.3) is 0 Å². The minimum Gasteiger partial charge on any atom is -0.394 e. The van der Waals surface area contributed by atoms with Crippen LogP contribution in [0.4, 0.5) is 17.2 Å². The third-order valence-electron chi connectivity index (χ3n) is 2.91. The maximum atomic E-state index is 6.09. The molecule has 1 aromatic heterocycles. The molecule has 0 aliphatic heterocycles. The largest absolute Gasteiger partial charge is 0.394 e. The smallest absolute Gasteiger partial charge is 0.154 e. The summed E-state index contributed by atoms with van der Waals surface area (Å²) in [4.78, 5) is 2.07. The summed E-state index contributed by atoms with van der Waals surface area (Å²) in [5, 5.41) is 4.43. The third kappa shape index (κ3) is 1.98. The monoisotopic (exact) mass is 230 g/mol. The van der Waals surface area contributed by atoms with Crippen LogP contribution < -0.4 is 10.6 Å². The number of aryl methyl sites for hydroxylation is 2. The van der Waals surface area contributed by atoms with Gasteiger partial charge in [0.05, 0.1) is 11.4 Å².